The van der Waals surface area contributed by atoms with Gasteiger partial charge in [-0.3, -0.25) is 0 Å². The Kier molecular flexibility index (Phi) is 4.28. The van der Waals surface area contributed by atoms with Crippen LogP contribution in [-0.2, 0) is 9.57 Å². The summed E-state index contributed by atoms with van der Waals surface area (Å²) >= 11 is 0. The highest BCUT2D eigenvalue weighted by Gasteiger charge is 2.45. The summed E-state index contributed by atoms with van der Waals surface area (Å²) in [6.07, 6.45) is 1.90. The lowest BCUT2D eigenvalue weighted by molar-refractivity contribution is -0.301. The molecule has 7 nitrogen and oxygen atoms in total. The van der Waals surface area contributed by atoms with E-state index >= 15 is 0 Å². The van der Waals surface area contributed by atoms with Crippen molar-refractivity contribution in [2.24, 2.45) is 22.9 Å². The molecule has 3 aliphatic rings. The molecule has 1 heterocycles. The zero-order valence-corrected chi connectivity index (χ0v) is 11.5. The van der Waals surface area contributed by atoms with Crippen LogP contribution in [0.5, 0.6) is 0 Å². The molecule has 0 aromatic rings. The zero-order chi connectivity index (χ0) is 15.0. The monoisotopic (exact) mass is 299 g/mol. The number of oxime groups is 1. The van der Waals surface area contributed by atoms with Gasteiger partial charge in [-0.05, 0) is 24.7 Å². The van der Waals surface area contributed by atoms with E-state index in [4.69, 9.17) is 14.7 Å². The van der Waals surface area contributed by atoms with Crippen LogP contribution in [0.4, 0.5) is 0 Å². The molecule has 0 aromatic heterocycles. The number of nitrogens with zero attached hydrogens (tertiary/aromatic N) is 1. The first kappa shape index (κ1) is 14.9. The van der Waals surface area contributed by atoms with Gasteiger partial charge in [0.05, 0.1) is 6.61 Å². The van der Waals surface area contributed by atoms with Crippen molar-refractivity contribution in [3.63, 3.8) is 0 Å². The first-order chi connectivity index (χ1) is 10.1. The van der Waals surface area contributed by atoms with Crippen molar-refractivity contribution >= 4 is 6.21 Å². The van der Waals surface area contributed by atoms with Crippen LogP contribution in [0.3, 0.4) is 0 Å². The van der Waals surface area contributed by atoms with Crippen molar-refractivity contribution in [1.82, 2.24) is 0 Å². The Labute approximate surface area is 122 Å². The molecule has 2 fully saturated rings. The van der Waals surface area contributed by atoms with Gasteiger partial charge in [0, 0.05) is 12.1 Å². The summed E-state index contributed by atoms with van der Waals surface area (Å²) in [6, 6.07) is 0. The van der Waals surface area contributed by atoms with Crippen molar-refractivity contribution in [3.05, 3.63) is 12.2 Å². The second-order valence-electron chi connectivity index (χ2n) is 6.00. The van der Waals surface area contributed by atoms with Crippen LogP contribution in [0.1, 0.15) is 12.8 Å². The molecule has 5 unspecified atom stereocenters. The molecular formula is C14H21NO6. The molecule has 3 rings (SSSR count). The lowest BCUT2D eigenvalue weighted by atomic mass is 9.95. The van der Waals surface area contributed by atoms with E-state index in [-0.39, 0.29) is 0 Å². The lowest BCUT2D eigenvalue weighted by Crippen LogP contribution is -2.58. The third-order valence-corrected chi connectivity index (χ3v) is 4.60. The summed E-state index contributed by atoms with van der Waals surface area (Å²) in [7, 11) is 0. The van der Waals surface area contributed by atoms with E-state index in [0.29, 0.717) is 17.8 Å². The Balaban J connectivity index is 1.55. The first-order valence-electron chi connectivity index (χ1n) is 7.28. The van der Waals surface area contributed by atoms with Crippen LogP contribution in [0.15, 0.2) is 17.3 Å². The SMILES string of the molecule is OCC1O[C@@H](O/N=C\C2C[C@H]3C=CC2C3)C(O)[C@@H](O)C1O. The van der Waals surface area contributed by atoms with E-state index in [0.717, 1.165) is 12.8 Å². The van der Waals surface area contributed by atoms with Gasteiger partial charge >= 0.3 is 0 Å². The molecule has 1 saturated heterocycles. The molecular weight excluding hydrogens is 278 g/mol. The minimum atomic E-state index is -1.44. The predicted molar refractivity (Wildman–Crippen MR) is 72.2 cm³/mol. The molecule has 0 amide bonds. The van der Waals surface area contributed by atoms with Gasteiger partial charge < -0.3 is 30.0 Å². The maximum atomic E-state index is 9.79. The zero-order valence-electron chi connectivity index (χ0n) is 11.5. The lowest BCUT2D eigenvalue weighted by Gasteiger charge is -2.38. The molecule has 7 heteroatoms. The summed E-state index contributed by atoms with van der Waals surface area (Å²) in [5.74, 6) is 1.45. The molecule has 2 aliphatic carbocycles. The summed E-state index contributed by atoms with van der Waals surface area (Å²) in [4.78, 5) is 5.11. The van der Waals surface area contributed by atoms with Crippen LogP contribution in [0, 0.1) is 17.8 Å². The molecule has 8 atom stereocenters. The molecule has 0 radical (unpaired) electrons. The van der Waals surface area contributed by atoms with Gasteiger partial charge in [-0.1, -0.05) is 17.3 Å². The van der Waals surface area contributed by atoms with Crippen LogP contribution < -0.4 is 0 Å². The van der Waals surface area contributed by atoms with Crippen LogP contribution in [-0.4, -0.2) is 64.0 Å². The minimum Gasteiger partial charge on any atom is -0.394 e. The largest absolute Gasteiger partial charge is 0.394 e. The van der Waals surface area contributed by atoms with E-state index in [1.54, 1.807) is 6.21 Å². The minimum absolute atomic E-state index is 0.324. The normalized spacial score (nSPS) is 49.1. The van der Waals surface area contributed by atoms with Gasteiger partial charge in [0.15, 0.2) is 0 Å². The van der Waals surface area contributed by atoms with E-state index < -0.39 is 37.3 Å². The van der Waals surface area contributed by atoms with Gasteiger partial charge in [-0.2, -0.15) is 0 Å². The fourth-order valence-corrected chi connectivity index (χ4v) is 3.32. The van der Waals surface area contributed by atoms with Crippen molar-refractivity contribution in [2.45, 2.75) is 43.5 Å². The molecule has 2 bridgehead atoms. The molecule has 1 saturated carbocycles. The number of ether oxygens (including phenoxy) is 1. The first-order valence-corrected chi connectivity index (χ1v) is 7.28. The molecule has 4 N–H and O–H groups in total. The van der Waals surface area contributed by atoms with Gasteiger partial charge in [0.25, 0.3) is 6.29 Å². The fraction of sp³-hybridized carbons (Fsp3) is 0.786. The highest BCUT2D eigenvalue weighted by Crippen LogP contribution is 2.42. The van der Waals surface area contributed by atoms with Gasteiger partial charge in [0.2, 0.25) is 0 Å². The maximum Gasteiger partial charge on any atom is 0.256 e. The van der Waals surface area contributed by atoms with E-state index in [1.165, 1.54) is 0 Å². The van der Waals surface area contributed by atoms with Crippen molar-refractivity contribution < 1.29 is 30.0 Å². The average molecular weight is 299 g/mol. The Hall–Kier alpha value is -0.990. The standard InChI is InChI=1S/C14H21NO6/c16-6-10-11(17)12(18)13(19)14(20-10)21-15-5-9-4-7-1-2-8(9)3-7/h1-2,5,7-14,16-19H,3-4,6H2/b15-5-/t7-,8?,9?,10?,11?,12-,13?,14-/m0/s1. The van der Waals surface area contributed by atoms with Gasteiger partial charge in [-0.25, -0.2) is 0 Å². The maximum absolute atomic E-state index is 9.79. The van der Waals surface area contributed by atoms with E-state index in [1.807, 2.05) is 0 Å². The van der Waals surface area contributed by atoms with Gasteiger partial charge in [0.1, 0.15) is 24.4 Å². The third-order valence-electron chi connectivity index (χ3n) is 4.60. The smallest absolute Gasteiger partial charge is 0.256 e. The van der Waals surface area contributed by atoms with Crippen molar-refractivity contribution in [2.75, 3.05) is 6.61 Å². The number of allylic oxidation sites excluding steroid dienone is 2. The van der Waals surface area contributed by atoms with Gasteiger partial charge in [-0.15, -0.1) is 0 Å². The van der Waals surface area contributed by atoms with Crippen molar-refractivity contribution in [1.29, 1.82) is 0 Å². The second kappa shape index (κ2) is 6.02. The van der Waals surface area contributed by atoms with E-state index in [9.17, 15) is 15.3 Å². The number of rotatable bonds is 4. The Morgan fingerprint density at radius 3 is 2.57 bits per heavy atom. The summed E-state index contributed by atoms with van der Waals surface area (Å²) in [6.45, 7) is -0.480. The highest BCUT2D eigenvalue weighted by molar-refractivity contribution is 5.62. The van der Waals surface area contributed by atoms with Crippen LogP contribution in [0.2, 0.25) is 0 Å². The average Bonchev–Trinajstić information content (AvgIpc) is 3.10. The third kappa shape index (κ3) is 2.84. The molecule has 0 aromatic carbocycles. The van der Waals surface area contributed by atoms with Crippen molar-refractivity contribution in [3.8, 4) is 0 Å². The highest BCUT2D eigenvalue weighted by atomic mass is 16.8. The van der Waals surface area contributed by atoms with Crippen LogP contribution >= 0.6 is 0 Å². The quantitative estimate of drug-likeness (QED) is 0.301. The predicted octanol–water partition coefficient (Wildman–Crippen LogP) is -0.999. The Bertz CT molecular complexity index is 426. The van der Waals surface area contributed by atoms with Crippen LogP contribution in [0.25, 0.3) is 0 Å². The number of hydrogen-bond donors (Lipinski definition) is 4. The summed E-state index contributed by atoms with van der Waals surface area (Å²) < 4.78 is 5.20. The molecule has 118 valence electrons. The fourth-order valence-electron chi connectivity index (χ4n) is 3.32. The topological polar surface area (TPSA) is 112 Å². The number of aliphatic hydroxyl groups excluding tert-OH is 4. The second-order valence-corrected chi connectivity index (χ2v) is 6.00. The Morgan fingerprint density at radius 2 is 1.95 bits per heavy atom. The number of hydrogen-bond acceptors (Lipinski definition) is 7. The summed E-state index contributed by atoms with van der Waals surface area (Å²) in [5.41, 5.74) is 0. The number of aliphatic hydroxyl groups is 4. The van der Waals surface area contributed by atoms with E-state index in [2.05, 4.69) is 17.3 Å². The summed E-state index contributed by atoms with van der Waals surface area (Å²) in [5, 5.41) is 42.0. The molecule has 1 aliphatic heterocycles. The number of fused-ring (bicyclic) bond motifs is 2. The Morgan fingerprint density at radius 1 is 1.14 bits per heavy atom. The molecule has 21 heavy (non-hydrogen) atoms. The molecule has 0 spiro atoms.